The molecule has 2 N–H and O–H groups in total. The minimum Gasteiger partial charge on any atom is -0.377 e. The highest BCUT2D eigenvalue weighted by Gasteiger charge is 2.06. The van der Waals surface area contributed by atoms with Gasteiger partial charge in [-0.3, -0.25) is 0 Å². The molecule has 2 aromatic rings. The van der Waals surface area contributed by atoms with E-state index in [9.17, 15) is 0 Å². The second-order valence-corrected chi connectivity index (χ2v) is 5.76. The number of hydrogen-bond donors (Lipinski definition) is 2. The molecule has 0 saturated heterocycles. The van der Waals surface area contributed by atoms with Crippen molar-refractivity contribution in [2.75, 3.05) is 24.8 Å². The second kappa shape index (κ2) is 7.01. The van der Waals surface area contributed by atoms with E-state index < -0.39 is 0 Å². The van der Waals surface area contributed by atoms with E-state index in [1.54, 1.807) is 7.11 Å². The molecule has 0 aliphatic carbocycles. The third-order valence-electron chi connectivity index (χ3n) is 2.50. The summed E-state index contributed by atoms with van der Waals surface area (Å²) in [6.45, 7) is 0.367. The van der Waals surface area contributed by atoms with Crippen LogP contribution in [0.15, 0.2) is 33.2 Å². The molecular formula is C13H14Br2N4O. The monoisotopic (exact) mass is 400 g/mol. The summed E-state index contributed by atoms with van der Waals surface area (Å²) in [4.78, 5) is 8.72. The van der Waals surface area contributed by atoms with E-state index in [1.807, 2.05) is 31.3 Å². The molecule has 0 aliphatic rings. The van der Waals surface area contributed by atoms with Crippen LogP contribution in [0, 0.1) is 0 Å². The second-order valence-electron chi connectivity index (χ2n) is 3.99. The third kappa shape index (κ3) is 3.91. The highest BCUT2D eigenvalue weighted by molar-refractivity contribution is 9.11. The SMILES string of the molecule is CNc1cc(Nc2ccc(Br)cc2Br)nc(COC)n1. The molecule has 1 aromatic carbocycles. The summed E-state index contributed by atoms with van der Waals surface area (Å²) in [7, 11) is 3.44. The van der Waals surface area contributed by atoms with E-state index in [1.165, 1.54) is 0 Å². The predicted molar refractivity (Wildman–Crippen MR) is 87.4 cm³/mol. The summed E-state index contributed by atoms with van der Waals surface area (Å²) in [6.07, 6.45) is 0. The molecule has 0 amide bonds. The fourth-order valence-corrected chi connectivity index (χ4v) is 2.76. The molecule has 0 spiro atoms. The summed E-state index contributed by atoms with van der Waals surface area (Å²) in [5.41, 5.74) is 0.928. The van der Waals surface area contributed by atoms with Crippen LogP contribution in [0.25, 0.3) is 0 Å². The van der Waals surface area contributed by atoms with Gasteiger partial charge >= 0.3 is 0 Å². The van der Waals surface area contributed by atoms with Gasteiger partial charge in [-0.05, 0) is 34.1 Å². The lowest BCUT2D eigenvalue weighted by atomic mass is 10.3. The number of rotatable bonds is 5. The average Bonchev–Trinajstić information content (AvgIpc) is 2.42. The first-order valence-electron chi connectivity index (χ1n) is 5.89. The van der Waals surface area contributed by atoms with Crippen LogP contribution in [-0.2, 0) is 11.3 Å². The summed E-state index contributed by atoms with van der Waals surface area (Å²) in [6, 6.07) is 7.74. The van der Waals surface area contributed by atoms with E-state index in [0.717, 1.165) is 20.5 Å². The molecule has 20 heavy (non-hydrogen) atoms. The number of anilines is 3. The van der Waals surface area contributed by atoms with Crippen molar-refractivity contribution >= 4 is 49.2 Å². The van der Waals surface area contributed by atoms with Gasteiger partial charge in [0, 0.05) is 29.2 Å². The van der Waals surface area contributed by atoms with Crippen molar-refractivity contribution in [3.8, 4) is 0 Å². The van der Waals surface area contributed by atoms with Crippen molar-refractivity contribution in [3.63, 3.8) is 0 Å². The maximum absolute atomic E-state index is 5.08. The Labute approximate surface area is 134 Å². The van der Waals surface area contributed by atoms with Gasteiger partial charge in [-0.2, -0.15) is 0 Å². The van der Waals surface area contributed by atoms with Crippen LogP contribution in [0.4, 0.5) is 17.3 Å². The van der Waals surface area contributed by atoms with Crippen LogP contribution < -0.4 is 10.6 Å². The topological polar surface area (TPSA) is 59.1 Å². The van der Waals surface area contributed by atoms with Crippen LogP contribution in [0.3, 0.4) is 0 Å². The number of nitrogens with zero attached hydrogens (tertiary/aromatic N) is 2. The highest BCUT2D eigenvalue weighted by Crippen LogP contribution is 2.28. The molecule has 0 aliphatic heterocycles. The van der Waals surface area contributed by atoms with Crippen molar-refractivity contribution in [2.45, 2.75) is 6.61 Å². The maximum atomic E-state index is 5.08. The quantitative estimate of drug-likeness (QED) is 0.794. The molecule has 0 fully saturated rings. The first kappa shape index (κ1) is 15.2. The molecule has 0 saturated carbocycles. The van der Waals surface area contributed by atoms with E-state index >= 15 is 0 Å². The number of halogens is 2. The lowest BCUT2D eigenvalue weighted by molar-refractivity contribution is 0.178. The summed E-state index contributed by atoms with van der Waals surface area (Å²) in [5.74, 6) is 2.07. The smallest absolute Gasteiger partial charge is 0.158 e. The molecule has 5 nitrogen and oxygen atoms in total. The van der Waals surface area contributed by atoms with Crippen molar-refractivity contribution in [1.82, 2.24) is 9.97 Å². The number of benzene rings is 1. The molecule has 0 bridgehead atoms. The zero-order valence-corrected chi connectivity index (χ0v) is 14.2. The number of nitrogens with one attached hydrogen (secondary N) is 2. The number of ether oxygens (including phenoxy) is 1. The maximum Gasteiger partial charge on any atom is 0.158 e. The molecule has 1 heterocycles. The summed E-state index contributed by atoms with van der Waals surface area (Å²) in [5, 5.41) is 6.27. The van der Waals surface area contributed by atoms with Gasteiger partial charge in [0.15, 0.2) is 5.82 Å². The van der Waals surface area contributed by atoms with Crippen LogP contribution in [0.1, 0.15) is 5.82 Å². The standard InChI is InChI=1S/C13H14Br2N4O/c1-16-11-6-12(19-13(18-11)7-20-2)17-10-4-3-8(14)5-9(10)15/h3-6H,7H2,1-2H3,(H2,16,17,18,19). The number of aromatic nitrogens is 2. The zero-order chi connectivity index (χ0) is 14.5. The lowest BCUT2D eigenvalue weighted by Crippen LogP contribution is -2.04. The fourth-order valence-electron chi connectivity index (χ4n) is 1.61. The molecular weight excluding hydrogens is 388 g/mol. The van der Waals surface area contributed by atoms with E-state index in [2.05, 4.69) is 52.5 Å². The molecule has 2 rings (SSSR count). The number of hydrogen-bond acceptors (Lipinski definition) is 5. The van der Waals surface area contributed by atoms with Crippen LogP contribution >= 0.6 is 31.9 Å². The Kier molecular flexibility index (Phi) is 5.33. The van der Waals surface area contributed by atoms with Crippen LogP contribution in [0.5, 0.6) is 0 Å². The highest BCUT2D eigenvalue weighted by atomic mass is 79.9. The van der Waals surface area contributed by atoms with E-state index in [4.69, 9.17) is 4.74 Å². The van der Waals surface area contributed by atoms with Crippen molar-refractivity contribution in [1.29, 1.82) is 0 Å². The summed E-state index contributed by atoms with van der Waals surface area (Å²) >= 11 is 6.94. The third-order valence-corrected chi connectivity index (χ3v) is 3.65. The Morgan fingerprint density at radius 2 is 1.90 bits per heavy atom. The normalized spacial score (nSPS) is 10.4. The van der Waals surface area contributed by atoms with Gasteiger partial charge in [0.25, 0.3) is 0 Å². The Hall–Kier alpha value is -1.18. The van der Waals surface area contributed by atoms with E-state index in [0.29, 0.717) is 18.2 Å². The largest absolute Gasteiger partial charge is 0.377 e. The molecule has 1 aromatic heterocycles. The van der Waals surface area contributed by atoms with Crippen molar-refractivity contribution in [2.24, 2.45) is 0 Å². The van der Waals surface area contributed by atoms with Gasteiger partial charge < -0.3 is 15.4 Å². The van der Waals surface area contributed by atoms with Gasteiger partial charge in [0.1, 0.15) is 18.2 Å². The Balaban J connectivity index is 2.29. The first-order chi connectivity index (χ1) is 9.62. The molecule has 0 radical (unpaired) electrons. The Morgan fingerprint density at radius 3 is 2.55 bits per heavy atom. The fraction of sp³-hybridized carbons (Fsp3) is 0.231. The molecule has 0 atom stereocenters. The minimum atomic E-state index is 0.367. The molecule has 7 heteroatoms. The van der Waals surface area contributed by atoms with Crippen molar-refractivity contribution in [3.05, 3.63) is 39.0 Å². The Bertz CT molecular complexity index is 607. The molecule has 106 valence electrons. The predicted octanol–water partition coefficient (Wildman–Crippen LogP) is 3.93. The van der Waals surface area contributed by atoms with E-state index in [-0.39, 0.29) is 0 Å². The van der Waals surface area contributed by atoms with Gasteiger partial charge in [0.05, 0.1) is 5.69 Å². The van der Waals surface area contributed by atoms with Crippen LogP contribution in [-0.4, -0.2) is 24.1 Å². The summed E-state index contributed by atoms with van der Waals surface area (Å²) < 4.78 is 7.03. The van der Waals surface area contributed by atoms with Crippen molar-refractivity contribution < 1.29 is 4.74 Å². The molecule has 0 unspecified atom stereocenters. The van der Waals surface area contributed by atoms with Gasteiger partial charge in [0.2, 0.25) is 0 Å². The lowest BCUT2D eigenvalue weighted by Gasteiger charge is -2.11. The van der Waals surface area contributed by atoms with Crippen LogP contribution in [0.2, 0.25) is 0 Å². The number of methoxy groups -OCH3 is 1. The Morgan fingerprint density at radius 1 is 1.15 bits per heavy atom. The average molecular weight is 402 g/mol. The minimum absolute atomic E-state index is 0.367. The first-order valence-corrected chi connectivity index (χ1v) is 7.47. The zero-order valence-electron chi connectivity index (χ0n) is 11.1. The van der Waals surface area contributed by atoms with Gasteiger partial charge in [-0.25, -0.2) is 9.97 Å². The van der Waals surface area contributed by atoms with Gasteiger partial charge in [-0.15, -0.1) is 0 Å². The van der Waals surface area contributed by atoms with Gasteiger partial charge in [-0.1, -0.05) is 15.9 Å².